The number of amides is 1. The molecule has 1 saturated heterocycles. The lowest BCUT2D eigenvalue weighted by molar-refractivity contribution is -0.154. The standard InChI is InChI=1S/C19H21N3O4/c1-13-11-20-22(12-13)19(18(24)25)6-8-21(9-7-19)17(23)16-10-14-4-2-3-5-15(14)26-16/h2-5,11-12,16H,6-10H2,1H3,(H,24,25)/t16-/m0/s1. The van der Waals surface area contributed by atoms with Gasteiger partial charge < -0.3 is 14.7 Å². The summed E-state index contributed by atoms with van der Waals surface area (Å²) < 4.78 is 7.32. The number of carboxylic acid groups (broad SMARTS) is 1. The van der Waals surface area contributed by atoms with Crippen LogP contribution in [-0.2, 0) is 21.5 Å². The summed E-state index contributed by atoms with van der Waals surface area (Å²) in [6.07, 6.45) is 4.11. The number of hydrogen-bond acceptors (Lipinski definition) is 4. The van der Waals surface area contributed by atoms with Crippen LogP contribution in [0.25, 0.3) is 0 Å². The molecule has 4 rings (SSSR count). The molecule has 2 aromatic rings. The second-order valence-corrected chi connectivity index (χ2v) is 7.04. The molecular weight excluding hydrogens is 334 g/mol. The van der Waals surface area contributed by atoms with Crippen LogP contribution < -0.4 is 4.74 Å². The predicted molar refractivity (Wildman–Crippen MR) is 92.9 cm³/mol. The lowest BCUT2D eigenvalue weighted by atomic mass is 9.87. The lowest BCUT2D eigenvalue weighted by Crippen LogP contribution is -2.54. The highest BCUT2D eigenvalue weighted by molar-refractivity contribution is 5.83. The van der Waals surface area contributed by atoms with Gasteiger partial charge in [-0.05, 0) is 24.1 Å². The van der Waals surface area contributed by atoms with E-state index in [-0.39, 0.29) is 5.91 Å². The number of carboxylic acids is 1. The van der Waals surface area contributed by atoms with Crippen molar-refractivity contribution in [1.82, 2.24) is 14.7 Å². The number of ether oxygens (including phenoxy) is 1. The van der Waals surface area contributed by atoms with Crippen LogP contribution in [-0.4, -0.2) is 50.9 Å². The number of aromatic nitrogens is 2. The summed E-state index contributed by atoms with van der Waals surface area (Å²) in [5.74, 6) is -0.219. The topological polar surface area (TPSA) is 84.7 Å². The SMILES string of the molecule is Cc1cnn(C2(C(=O)O)CCN(C(=O)[C@@H]3Cc4ccccc4O3)CC2)c1. The van der Waals surface area contributed by atoms with Gasteiger partial charge in [0.15, 0.2) is 11.6 Å². The number of para-hydroxylation sites is 1. The first-order valence-corrected chi connectivity index (χ1v) is 8.78. The first kappa shape index (κ1) is 16.6. The molecule has 7 nitrogen and oxygen atoms in total. The Hall–Kier alpha value is -2.83. The molecule has 0 radical (unpaired) electrons. The Kier molecular flexibility index (Phi) is 3.94. The largest absolute Gasteiger partial charge is 0.480 e. The third-order valence-electron chi connectivity index (χ3n) is 5.37. The Morgan fingerprint density at radius 1 is 1.27 bits per heavy atom. The van der Waals surface area contributed by atoms with Gasteiger partial charge in [-0.3, -0.25) is 9.48 Å². The quantitative estimate of drug-likeness (QED) is 0.904. The maximum Gasteiger partial charge on any atom is 0.331 e. The molecule has 7 heteroatoms. The highest BCUT2D eigenvalue weighted by Crippen LogP contribution is 2.33. The molecule has 2 aliphatic heterocycles. The summed E-state index contributed by atoms with van der Waals surface area (Å²) in [7, 11) is 0. The van der Waals surface area contributed by atoms with Gasteiger partial charge >= 0.3 is 5.97 Å². The Morgan fingerprint density at radius 2 is 2.00 bits per heavy atom. The van der Waals surface area contributed by atoms with Gasteiger partial charge in [-0.1, -0.05) is 18.2 Å². The molecule has 1 aromatic carbocycles. The second kappa shape index (κ2) is 6.16. The third-order valence-corrected chi connectivity index (χ3v) is 5.37. The van der Waals surface area contributed by atoms with E-state index < -0.39 is 17.6 Å². The highest BCUT2D eigenvalue weighted by atomic mass is 16.5. The Balaban J connectivity index is 1.46. The number of carbonyl (C=O) groups is 2. The predicted octanol–water partition coefficient (Wildman–Crippen LogP) is 1.60. The average molecular weight is 355 g/mol. The van der Waals surface area contributed by atoms with E-state index in [1.807, 2.05) is 31.2 Å². The monoisotopic (exact) mass is 355 g/mol. The van der Waals surface area contributed by atoms with Crippen molar-refractivity contribution in [2.24, 2.45) is 0 Å². The zero-order chi connectivity index (χ0) is 18.3. The van der Waals surface area contributed by atoms with Crippen LogP contribution in [0, 0.1) is 6.92 Å². The van der Waals surface area contributed by atoms with Gasteiger partial charge in [-0.15, -0.1) is 0 Å². The number of aryl methyl sites for hydroxylation is 1. The second-order valence-electron chi connectivity index (χ2n) is 7.04. The fraction of sp³-hybridized carbons (Fsp3) is 0.421. The fourth-order valence-electron chi connectivity index (χ4n) is 3.81. The number of benzene rings is 1. The smallest absolute Gasteiger partial charge is 0.331 e. The van der Waals surface area contributed by atoms with Crippen molar-refractivity contribution < 1.29 is 19.4 Å². The number of hydrogen-bond donors (Lipinski definition) is 1. The fourth-order valence-corrected chi connectivity index (χ4v) is 3.81. The van der Waals surface area contributed by atoms with Crippen LogP contribution in [0.15, 0.2) is 36.7 Å². The molecule has 1 fully saturated rings. The maximum atomic E-state index is 12.8. The van der Waals surface area contributed by atoms with Gasteiger partial charge in [0.1, 0.15) is 5.75 Å². The number of piperidine rings is 1. The number of fused-ring (bicyclic) bond motifs is 1. The summed E-state index contributed by atoms with van der Waals surface area (Å²) in [4.78, 5) is 26.5. The van der Waals surface area contributed by atoms with Crippen molar-refractivity contribution in [1.29, 1.82) is 0 Å². The molecule has 26 heavy (non-hydrogen) atoms. The van der Waals surface area contributed by atoms with E-state index in [2.05, 4.69) is 5.10 Å². The van der Waals surface area contributed by atoms with Gasteiger partial charge in [0.25, 0.3) is 5.91 Å². The zero-order valence-electron chi connectivity index (χ0n) is 14.6. The minimum atomic E-state index is -1.09. The minimum absolute atomic E-state index is 0.0724. The molecule has 0 aliphatic carbocycles. The molecule has 1 amide bonds. The molecular formula is C19H21N3O4. The summed E-state index contributed by atoms with van der Waals surface area (Å²) in [6.45, 7) is 2.63. The summed E-state index contributed by atoms with van der Waals surface area (Å²) in [6, 6.07) is 7.66. The summed E-state index contributed by atoms with van der Waals surface area (Å²) in [5, 5.41) is 14.0. The Morgan fingerprint density at radius 3 is 2.62 bits per heavy atom. The summed E-state index contributed by atoms with van der Waals surface area (Å²) in [5.41, 5.74) is 0.862. The van der Waals surface area contributed by atoms with Gasteiger partial charge in [0, 0.05) is 38.5 Å². The highest BCUT2D eigenvalue weighted by Gasteiger charge is 2.46. The van der Waals surface area contributed by atoms with E-state index in [1.165, 1.54) is 4.68 Å². The van der Waals surface area contributed by atoms with E-state index in [1.54, 1.807) is 17.3 Å². The molecule has 1 aromatic heterocycles. The third kappa shape index (κ3) is 2.64. The van der Waals surface area contributed by atoms with E-state index >= 15 is 0 Å². The first-order chi connectivity index (χ1) is 12.5. The van der Waals surface area contributed by atoms with Crippen LogP contribution in [0.1, 0.15) is 24.0 Å². The molecule has 3 heterocycles. The molecule has 0 spiro atoms. The van der Waals surface area contributed by atoms with E-state index in [0.29, 0.717) is 32.4 Å². The molecule has 0 unspecified atom stereocenters. The average Bonchev–Trinajstić information content (AvgIpc) is 3.27. The molecule has 1 N–H and O–H groups in total. The normalized spacial score (nSPS) is 21.1. The summed E-state index contributed by atoms with van der Waals surface area (Å²) >= 11 is 0. The van der Waals surface area contributed by atoms with Crippen molar-refractivity contribution in [3.63, 3.8) is 0 Å². The van der Waals surface area contributed by atoms with Crippen LogP contribution >= 0.6 is 0 Å². The number of aliphatic carboxylic acids is 1. The van der Waals surface area contributed by atoms with Gasteiger partial charge in [0.05, 0.1) is 6.20 Å². The lowest BCUT2D eigenvalue weighted by Gasteiger charge is -2.39. The van der Waals surface area contributed by atoms with Gasteiger partial charge in [-0.25, -0.2) is 4.79 Å². The molecule has 1 atom stereocenters. The van der Waals surface area contributed by atoms with E-state index in [9.17, 15) is 14.7 Å². The van der Waals surface area contributed by atoms with Crippen LogP contribution in [0.4, 0.5) is 0 Å². The maximum absolute atomic E-state index is 12.8. The van der Waals surface area contributed by atoms with Crippen molar-refractivity contribution in [2.45, 2.75) is 37.8 Å². The van der Waals surface area contributed by atoms with Crippen LogP contribution in [0.5, 0.6) is 5.75 Å². The van der Waals surface area contributed by atoms with Crippen LogP contribution in [0.3, 0.4) is 0 Å². The van der Waals surface area contributed by atoms with Crippen molar-refractivity contribution >= 4 is 11.9 Å². The van der Waals surface area contributed by atoms with Crippen LogP contribution in [0.2, 0.25) is 0 Å². The van der Waals surface area contributed by atoms with Gasteiger partial charge in [-0.2, -0.15) is 5.10 Å². The molecule has 0 bridgehead atoms. The first-order valence-electron chi connectivity index (χ1n) is 8.78. The van der Waals surface area contributed by atoms with Gasteiger partial charge in [0.2, 0.25) is 0 Å². The Bertz CT molecular complexity index is 827. The van der Waals surface area contributed by atoms with E-state index in [0.717, 1.165) is 16.9 Å². The molecule has 136 valence electrons. The number of rotatable bonds is 3. The zero-order valence-corrected chi connectivity index (χ0v) is 14.6. The number of carbonyl (C=O) groups excluding carboxylic acids is 1. The van der Waals surface area contributed by atoms with E-state index in [4.69, 9.17) is 4.74 Å². The number of nitrogens with zero attached hydrogens (tertiary/aromatic N) is 3. The Labute approximate surface area is 151 Å². The van der Waals surface area contributed by atoms with Crippen molar-refractivity contribution in [3.8, 4) is 5.75 Å². The minimum Gasteiger partial charge on any atom is -0.480 e. The van der Waals surface area contributed by atoms with Crippen molar-refractivity contribution in [3.05, 3.63) is 47.8 Å². The van der Waals surface area contributed by atoms with Crippen molar-refractivity contribution in [2.75, 3.05) is 13.1 Å². The molecule has 0 saturated carbocycles. The molecule has 2 aliphatic rings. The number of likely N-dealkylation sites (tertiary alicyclic amines) is 1.